The zero-order chi connectivity index (χ0) is 20.7. The van der Waals surface area contributed by atoms with E-state index in [2.05, 4.69) is 5.32 Å². The van der Waals surface area contributed by atoms with Crippen LogP contribution >= 0.6 is 0 Å². The van der Waals surface area contributed by atoms with Gasteiger partial charge in [0.15, 0.2) is 23.1 Å². The van der Waals surface area contributed by atoms with Crippen LogP contribution in [0.3, 0.4) is 0 Å². The van der Waals surface area contributed by atoms with Gasteiger partial charge >= 0.3 is 0 Å². The normalized spacial score (nSPS) is 10.3. The van der Waals surface area contributed by atoms with Crippen LogP contribution in [0.15, 0.2) is 36.4 Å². The molecule has 1 N–H and O–H groups in total. The van der Waals surface area contributed by atoms with Crippen LogP contribution in [-0.4, -0.2) is 37.5 Å². The molecular formula is C20H22F2N2O4. The van der Waals surface area contributed by atoms with Crippen molar-refractivity contribution in [1.29, 1.82) is 0 Å². The minimum absolute atomic E-state index is 0.00582. The van der Waals surface area contributed by atoms with Gasteiger partial charge in [0.05, 0.1) is 14.2 Å². The lowest BCUT2D eigenvalue weighted by molar-refractivity contribution is -0.129. The smallest absolute Gasteiger partial charge is 0.226 e. The van der Waals surface area contributed by atoms with Crippen LogP contribution in [0.5, 0.6) is 11.5 Å². The maximum atomic E-state index is 13.2. The predicted octanol–water partition coefficient (Wildman–Crippen LogP) is 3.36. The van der Waals surface area contributed by atoms with Gasteiger partial charge in [-0.1, -0.05) is 6.07 Å². The van der Waals surface area contributed by atoms with E-state index in [0.29, 0.717) is 11.5 Å². The van der Waals surface area contributed by atoms with Crippen LogP contribution in [0.2, 0.25) is 0 Å². The third kappa shape index (κ3) is 5.67. The number of carbonyl (C=O) groups excluding carboxylic acids is 2. The summed E-state index contributed by atoms with van der Waals surface area (Å²) < 4.78 is 36.6. The van der Waals surface area contributed by atoms with Crippen LogP contribution in [0.4, 0.5) is 14.5 Å². The molecule has 0 aliphatic carbocycles. The second kappa shape index (κ2) is 9.68. The lowest BCUT2D eigenvalue weighted by Crippen LogP contribution is -2.31. The van der Waals surface area contributed by atoms with Crippen LogP contribution in [0.1, 0.15) is 18.9 Å². The summed E-state index contributed by atoms with van der Waals surface area (Å²) in [5.41, 5.74) is 0.965. The number of ether oxygens (including phenoxy) is 2. The fourth-order valence-corrected chi connectivity index (χ4v) is 2.58. The summed E-state index contributed by atoms with van der Waals surface area (Å²) in [6.07, 6.45) is 0.00582. The van der Waals surface area contributed by atoms with Crippen LogP contribution in [0, 0.1) is 11.6 Å². The summed E-state index contributed by atoms with van der Waals surface area (Å²) in [4.78, 5) is 25.5. The number of anilines is 1. The van der Waals surface area contributed by atoms with Crippen molar-refractivity contribution in [2.24, 2.45) is 0 Å². The first kappa shape index (κ1) is 21.1. The number of methoxy groups -OCH3 is 2. The number of hydrogen-bond acceptors (Lipinski definition) is 4. The molecule has 6 nitrogen and oxygen atoms in total. The number of amides is 2. The summed E-state index contributed by atoms with van der Waals surface area (Å²) in [7, 11) is 3.05. The highest BCUT2D eigenvalue weighted by atomic mass is 19.2. The third-order valence-corrected chi connectivity index (χ3v) is 4.08. The Kier molecular flexibility index (Phi) is 7.31. The first-order valence-electron chi connectivity index (χ1n) is 8.55. The Bertz CT molecular complexity index is 858. The van der Waals surface area contributed by atoms with Gasteiger partial charge < -0.3 is 19.7 Å². The average Bonchev–Trinajstić information content (AvgIpc) is 2.67. The molecule has 2 amide bonds. The van der Waals surface area contributed by atoms with Crippen LogP contribution < -0.4 is 14.8 Å². The topological polar surface area (TPSA) is 67.9 Å². The van der Waals surface area contributed by atoms with Crippen molar-refractivity contribution >= 4 is 17.5 Å². The Morgan fingerprint density at radius 2 is 1.71 bits per heavy atom. The van der Waals surface area contributed by atoms with Gasteiger partial charge in [-0.2, -0.15) is 0 Å². The van der Waals surface area contributed by atoms with E-state index in [0.717, 1.165) is 17.7 Å². The Balaban J connectivity index is 1.98. The molecule has 8 heteroatoms. The monoisotopic (exact) mass is 392 g/mol. The molecule has 0 aromatic heterocycles. The molecule has 0 bridgehead atoms. The summed E-state index contributed by atoms with van der Waals surface area (Å²) in [6, 6.07) is 8.41. The Morgan fingerprint density at radius 3 is 2.32 bits per heavy atom. The van der Waals surface area contributed by atoms with E-state index in [-0.39, 0.29) is 31.1 Å². The molecular weight excluding hydrogens is 370 g/mol. The zero-order valence-electron chi connectivity index (χ0n) is 15.9. The van der Waals surface area contributed by atoms with Gasteiger partial charge in [0, 0.05) is 38.2 Å². The molecule has 0 saturated carbocycles. The van der Waals surface area contributed by atoms with Gasteiger partial charge in [0.2, 0.25) is 11.8 Å². The average molecular weight is 392 g/mol. The fraction of sp³-hybridized carbons (Fsp3) is 0.300. The van der Waals surface area contributed by atoms with Gasteiger partial charge in [-0.25, -0.2) is 8.78 Å². The highest BCUT2D eigenvalue weighted by molar-refractivity contribution is 5.91. The molecule has 0 fully saturated rings. The number of halogens is 2. The molecule has 2 aromatic rings. The van der Waals surface area contributed by atoms with Crippen molar-refractivity contribution in [3.63, 3.8) is 0 Å². The maximum absolute atomic E-state index is 13.2. The van der Waals surface area contributed by atoms with E-state index in [1.807, 2.05) is 0 Å². The summed E-state index contributed by atoms with van der Waals surface area (Å²) in [5.74, 6) is -1.53. The molecule has 2 rings (SSSR count). The van der Waals surface area contributed by atoms with Crippen molar-refractivity contribution in [2.75, 3.05) is 26.1 Å². The Morgan fingerprint density at radius 1 is 1.00 bits per heavy atom. The van der Waals surface area contributed by atoms with Crippen molar-refractivity contribution in [3.05, 3.63) is 53.6 Å². The molecule has 0 spiro atoms. The summed E-state index contributed by atoms with van der Waals surface area (Å²) in [5, 5.41) is 2.48. The number of benzene rings is 2. The van der Waals surface area contributed by atoms with Gasteiger partial charge in [-0.15, -0.1) is 0 Å². The molecule has 0 unspecified atom stereocenters. The van der Waals surface area contributed by atoms with E-state index in [4.69, 9.17) is 9.47 Å². The lowest BCUT2D eigenvalue weighted by Gasteiger charge is -2.21. The minimum atomic E-state index is -1.04. The summed E-state index contributed by atoms with van der Waals surface area (Å²) >= 11 is 0. The molecule has 0 saturated heterocycles. The Labute approximate surface area is 162 Å². The standard InChI is InChI=1S/C20H22F2N2O4/c1-13(25)24(12-14-4-7-18(27-2)19(10-14)28-3)9-8-20(26)23-15-5-6-16(21)17(22)11-15/h4-7,10-11H,8-9,12H2,1-3H3,(H,23,26). The zero-order valence-corrected chi connectivity index (χ0v) is 15.9. The first-order chi connectivity index (χ1) is 13.3. The maximum Gasteiger partial charge on any atom is 0.226 e. The molecule has 0 heterocycles. The van der Waals surface area contributed by atoms with Crippen molar-refractivity contribution < 1.29 is 27.8 Å². The van der Waals surface area contributed by atoms with Crippen LogP contribution in [0.25, 0.3) is 0 Å². The molecule has 0 atom stereocenters. The van der Waals surface area contributed by atoms with Gasteiger partial charge in [0.25, 0.3) is 0 Å². The van der Waals surface area contributed by atoms with Crippen molar-refractivity contribution in [3.8, 4) is 11.5 Å². The summed E-state index contributed by atoms with van der Waals surface area (Å²) in [6.45, 7) is 1.86. The molecule has 2 aromatic carbocycles. The predicted molar refractivity (Wildman–Crippen MR) is 100 cm³/mol. The van der Waals surface area contributed by atoms with Gasteiger partial charge in [0.1, 0.15) is 0 Å². The van der Waals surface area contributed by atoms with E-state index >= 15 is 0 Å². The van der Waals surface area contributed by atoms with E-state index < -0.39 is 17.5 Å². The molecule has 150 valence electrons. The van der Waals surface area contributed by atoms with Crippen LogP contribution in [-0.2, 0) is 16.1 Å². The number of nitrogens with one attached hydrogen (secondary N) is 1. The minimum Gasteiger partial charge on any atom is -0.493 e. The fourth-order valence-electron chi connectivity index (χ4n) is 2.58. The molecule has 0 aliphatic rings. The van der Waals surface area contributed by atoms with Gasteiger partial charge in [-0.05, 0) is 29.8 Å². The molecule has 28 heavy (non-hydrogen) atoms. The van der Waals surface area contributed by atoms with E-state index in [1.165, 1.54) is 32.1 Å². The Hall–Kier alpha value is -3.16. The number of nitrogens with zero attached hydrogens (tertiary/aromatic N) is 1. The highest BCUT2D eigenvalue weighted by Gasteiger charge is 2.14. The van der Waals surface area contributed by atoms with E-state index in [1.54, 1.807) is 18.2 Å². The highest BCUT2D eigenvalue weighted by Crippen LogP contribution is 2.28. The number of hydrogen-bond donors (Lipinski definition) is 1. The second-order valence-corrected chi connectivity index (χ2v) is 6.06. The third-order valence-electron chi connectivity index (χ3n) is 4.08. The molecule has 0 aliphatic heterocycles. The van der Waals surface area contributed by atoms with Crippen molar-refractivity contribution in [1.82, 2.24) is 4.90 Å². The van der Waals surface area contributed by atoms with Crippen molar-refractivity contribution in [2.45, 2.75) is 19.9 Å². The number of carbonyl (C=O) groups is 2. The van der Waals surface area contributed by atoms with Gasteiger partial charge in [-0.3, -0.25) is 9.59 Å². The van der Waals surface area contributed by atoms with E-state index in [9.17, 15) is 18.4 Å². The quantitative estimate of drug-likeness (QED) is 0.748. The lowest BCUT2D eigenvalue weighted by atomic mass is 10.1. The number of rotatable bonds is 8. The molecule has 0 radical (unpaired) electrons. The first-order valence-corrected chi connectivity index (χ1v) is 8.55. The largest absolute Gasteiger partial charge is 0.493 e. The SMILES string of the molecule is COc1ccc(CN(CCC(=O)Nc2ccc(F)c(F)c2)C(C)=O)cc1OC. The second-order valence-electron chi connectivity index (χ2n) is 6.06.